The van der Waals surface area contributed by atoms with Crippen LogP contribution >= 0.6 is 0 Å². The third-order valence-electron chi connectivity index (χ3n) is 3.48. The van der Waals surface area contributed by atoms with E-state index < -0.39 is 22.8 Å². The summed E-state index contributed by atoms with van der Waals surface area (Å²) in [5, 5.41) is 1.04. The van der Waals surface area contributed by atoms with Gasteiger partial charge in [-0.15, -0.1) is 0 Å². The van der Waals surface area contributed by atoms with E-state index in [0.717, 1.165) is 43.1 Å². The van der Waals surface area contributed by atoms with Crippen LogP contribution in [0.5, 0.6) is 5.75 Å². The molecule has 112 valence electrons. The molecule has 1 atom stereocenters. The van der Waals surface area contributed by atoms with Crippen molar-refractivity contribution in [3.8, 4) is 5.75 Å². The molecule has 4 heteroatoms. The monoisotopic (exact) mass is 351 g/mol. The number of rotatable bonds is 6. The van der Waals surface area contributed by atoms with Gasteiger partial charge in [0.15, 0.2) is 0 Å². The molecule has 0 aliphatic carbocycles. The summed E-state index contributed by atoms with van der Waals surface area (Å²) in [4.78, 5) is 0. The van der Waals surface area contributed by atoms with Crippen LogP contribution in [0, 0.1) is 11.6 Å². The second kappa shape index (κ2) is 7.42. The van der Waals surface area contributed by atoms with Gasteiger partial charge in [-0.05, 0) is 0 Å². The molecule has 1 unspecified atom stereocenters. The third-order valence-corrected chi connectivity index (χ3v) is 6.53. The van der Waals surface area contributed by atoms with Crippen molar-refractivity contribution in [1.29, 1.82) is 0 Å². The van der Waals surface area contributed by atoms with E-state index in [4.69, 9.17) is 8.85 Å². The predicted octanol–water partition coefficient (Wildman–Crippen LogP) is 5.00. The van der Waals surface area contributed by atoms with E-state index in [-0.39, 0.29) is 20.7 Å². The van der Waals surface area contributed by atoms with E-state index in [1.54, 1.807) is 0 Å². The summed E-state index contributed by atoms with van der Waals surface area (Å²) in [7, 11) is 0. The number of hydrogen-bond donors (Lipinski definition) is 0. The fourth-order valence-electron chi connectivity index (χ4n) is 2.34. The molecule has 0 aromatic heterocycles. The van der Waals surface area contributed by atoms with E-state index in [1.165, 1.54) is 6.07 Å². The molecule has 1 aliphatic heterocycles. The third kappa shape index (κ3) is 4.75. The minimum atomic E-state index is -1.89. The number of hydrogen-bond acceptors (Lipinski definition) is 1. The molecule has 1 nitrogen and oxygen atoms in total. The van der Waals surface area contributed by atoms with E-state index in [1.807, 2.05) is 0 Å². The Bertz CT molecular complexity index is 517. The van der Waals surface area contributed by atoms with Crippen LogP contribution in [0.2, 0.25) is 9.63 Å². The Morgan fingerprint density at radius 1 is 1.35 bits per heavy atom. The summed E-state index contributed by atoms with van der Waals surface area (Å²) < 4.78 is 54.7. The first-order valence-electron chi connectivity index (χ1n) is 8.56. The van der Waals surface area contributed by atoms with Crippen LogP contribution in [0.15, 0.2) is 18.2 Å². The van der Waals surface area contributed by atoms with Gasteiger partial charge in [0.05, 0.1) is 0 Å². The SMILES string of the molecule is [2H]C([2H])([2H])C1(CCCCOc2ccc(F)cc2F)CCCC[Se]1. The van der Waals surface area contributed by atoms with Gasteiger partial charge >= 0.3 is 130 Å². The van der Waals surface area contributed by atoms with Crippen molar-refractivity contribution in [2.75, 3.05) is 6.61 Å². The topological polar surface area (TPSA) is 9.23 Å². The van der Waals surface area contributed by atoms with Gasteiger partial charge in [0.1, 0.15) is 0 Å². The quantitative estimate of drug-likeness (QED) is 0.518. The van der Waals surface area contributed by atoms with E-state index in [9.17, 15) is 8.78 Å². The van der Waals surface area contributed by atoms with Crippen molar-refractivity contribution in [2.24, 2.45) is 0 Å². The van der Waals surface area contributed by atoms with Crippen LogP contribution in [0.3, 0.4) is 0 Å². The van der Waals surface area contributed by atoms with Crippen LogP contribution in [0.25, 0.3) is 0 Å². The number of ether oxygens (including phenoxy) is 1. The molecule has 1 aliphatic rings. The number of benzene rings is 1. The number of halogens is 2. The molecule has 1 fully saturated rings. The van der Waals surface area contributed by atoms with Crippen molar-refractivity contribution in [2.45, 2.75) is 55.0 Å². The summed E-state index contributed by atoms with van der Waals surface area (Å²) in [6.45, 7) is -1.58. The molecule has 0 radical (unpaired) electrons. The molecule has 2 rings (SSSR count). The molecule has 0 N–H and O–H groups in total. The Balaban J connectivity index is 1.79. The maximum absolute atomic E-state index is 13.4. The van der Waals surface area contributed by atoms with Gasteiger partial charge in [0.25, 0.3) is 0 Å². The van der Waals surface area contributed by atoms with Gasteiger partial charge < -0.3 is 0 Å². The first kappa shape index (κ1) is 12.0. The molecule has 20 heavy (non-hydrogen) atoms. The summed E-state index contributed by atoms with van der Waals surface area (Å²) in [5.41, 5.74) is 0. The normalized spacial score (nSPS) is 25.6. The molecule has 0 saturated carbocycles. The van der Waals surface area contributed by atoms with Crippen molar-refractivity contribution in [3.63, 3.8) is 0 Å². The van der Waals surface area contributed by atoms with Gasteiger partial charge in [0, 0.05) is 0 Å². The molecule has 0 spiro atoms. The molecule has 1 heterocycles. The fourth-order valence-corrected chi connectivity index (χ4v) is 5.10. The molecule has 1 saturated heterocycles. The first-order valence-corrected chi connectivity index (χ1v) is 9.13. The molecular weight excluding hydrogens is 325 g/mol. The summed E-state index contributed by atoms with van der Waals surface area (Å²) >= 11 is 0.153. The molecule has 1 aromatic rings. The van der Waals surface area contributed by atoms with E-state index in [2.05, 4.69) is 0 Å². The van der Waals surface area contributed by atoms with Gasteiger partial charge in [-0.25, -0.2) is 0 Å². The Morgan fingerprint density at radius 3 is 2.95 bits per heavy atom. The summed E-state index contributed by atoms with van der Waals surface area (Å²) in [5.74, 6) is -1.30. The van der Waals surface area contributed by atoms with Gasteiger partial charge in [-0.1, -0.05) is 0 Å². The zero-order chi connectivity index (χ0) is 16.9. The maximum atomic E-state index is 13.4. The average Bonchev–Trinajstić information content (AvgIpc) is 2.49. The van der Waals surface area contributed by atoms with E-state index in [0.29, 0.717) is 19.4 Å². The zero-order valence-corrected chi connectivity index (χ0v) is 13.2. The van der Waals surface area contributed by atoms with Gasteiger partial charge in [0.2, 0.25) is 0 Å². The molecule has 0 bridgehead atoms. The van der Waals surface area contributed by atoms with Crippen LogP contribution in [0.4, 0.5) is 8.78 Å². The summed E-state index contributed by atoms with van der Waals surface area (Å²) in [6, 6.07) is 3.23. The second-order valence-electron chi connectivity index (χ2n) is 5.18. The Hall–Kier alpha value is -0.601. The fraction of sp³-hybridized carbons (Fsp3) is 0.625. The van der Waals surface area contributed by atoms with Crippen LogP contribution < -0.4 is 4.74 Å². The Morgan fingerprint density at radius 2 is 2.25 bits per heavy atom. The van der Waals surface area contributed by atoms with Crippen molar-refractivity contribution in [1.82, 2.24) is 0 Å². The molecule has 0 amide bonds. The number of unbranched alkanes of at least 4 members (excludes halogenated alkanes) is 1. The van der Waals surface area contributed by atoms with Crippen molar-refractivity contribution >= 4 is 15.0 Å². The second-order valence-corrected chi connectivity index (χ2v) is 8.28. The average molecular weight is 350 g/mol. The minimum absolute atomic E-state index is 0.0406. The zero-order valence-electron chi connectivity index (χ0n) is 14.5. The predicted molar refractivity (Wildman–Crippen MR) is 78.5 cm³/mol. The first-order chi connectivity index (χ1) is 10.8. The van der Waals surface area contributed by atoms with Gasteiger partial charge in [-0.2, -0.15) is 0 Å². The Labute approximate surface area is 130 Å². The molecule has 1 aromatic carbocycles. The Kier molecular flexibility index (Phi) is 4.45. The summed E-state index contributed by atoms with van der Waals surface area (Å²) in [6.07, 6.45) is 5.03. The van der Waals surface area contributed by atoms with Crippen molar-refractivity contribution in [3.05, 3.63) is 29.8 Å². The standard InChI is InChI=1S/C16H22F2OSe/c1-16(9-3-5-11-20-16)8-2-4-10-19-15-7-6-13(17)12-14(15)18/h6-7,12H,2-5,8-11H2,1H3/i1D3. The van der Waals surface area contributed by atoms with E-state index >= 15 is 0 Å². The van der Waals surface area contributed by atoms with Gasteiger partial charge in [-0.3, -0.25) is 0 Å². The van der Waals surface area contributed by atoms with Crippen LogP contribution in [-0.4, -0.2) is 21.6 Å². The van der Waals surface area contributed by atoms with Crippen molar-refractivity contribution < 1.29 is 17.6 Å². The molecular formula is C16H22F2OSe. The van der Waals surface area contributed by atoms with Crippen LogP contribution in [-0.2, 0) is 0 Å². The van der Waals surface area contributed by atoms with Crippen LogP contribution in [0.1, 0.15) is 49.5 Å².